The molecule has 0 unspecified atom stereocenters. The first-order valence-corrected chi connectivity index (χ1v) is 10.4. The minimum absolute atomic E-state index is 0.0957. The minimum atomic E-state index is -1.00. The van der Waals surface area contributed by atoms with E-state index in [0.29, 0.717) is 29.2 Å². The van der Waals surface area contributed by atoms with Gasteiger partial charge in [-0.05, 0) is 48.4 Å². The molecule has 1 aliphatic heterocycles. The molecule has 3 aromatic rings. The van der Waals surface area contributed by atoms with Crippen molar-refractivity contribution in [3.8, 4) is 5.75 Å². The van der Waals surface area contributed by atoms with Gasteiger partial charge in [0.15, 0.2) is 17.7 Å². The van der Waals surface area contributed by atoms with E-state index in [-0.39, 0.29) is 29.7 Å². The first kappa shape index (κ1) is 22.8. The van der Waals surface area contributed by atoms with Crippen molar-refractivity contribution in [2.45, 2.75) is 26.0 Å². The highest BCUT2D eigenvalue weighted by atomic mass is 19.1. The number of hydrogen-bond acceptors (Lipinski definition) is 7. The highest BCUT2D eigenvalue weighted by molar-refractivity contribution is 6.02. The summed E-state index contributed by atoms with van der Waals surface area (Å²) in [4.78, 5) is 37.8. The standard InChI is InChI=1S/C24H21FN4O5/c1-13-27-18(19-11-21(34-29-19)15-4-6-16(7-5-15)24(31)32)10-20(28-13)23(30)26-12-14-3-8-17(25)22(9-14)33-2/h3-10,21H,11-12H2,1-2H3,(H,26,30)(H,31,32)/t21-/m1/s1. The average Bonchev–Trinajstić information content (AvgIpc) is 3.33. The van der Waals surface area contributed by atoms with Gasteiger partial charge in [-0.3, -0.25) is 4.79 Å². The van der Waals surface area contributed by atoms with Crippen molar-refractivity contribution in [3.63, 3.8) is 0 Å². The van der Waals surface area contributed by atoms with Gasteiger partial charge in [0.1, 0.15) is 17.2 Å². The smallest absolute Gasteiger partial charge is 0.335 e. The van der Waals surface area contributed by atoms with Gasteiger partial charge in [0.05, 0.1) is 18.4 Å². The number of carbonyl (C=O) groups is 2. The molecule has 1 aliphatic rings. The zero-order chi connectivity index (χ0) is 24.2. The van der Waals surface area contributed by atoms with Crippen molar-refractivity contribution < 1.29 is 28.7 Å². The van der Waals surface area contributed by atoms with Crippen LogP contribution >= 0.6 is 0 Å². The Morgan fingerprint density at radius 1 is 1.18 bits per heavy atom. The molecule has 0 fully saturated rings. The van der Waals surface area contributed by atoms with Crippen LogP contribution in [0.2, 0.25) is 0 Å². The third-order valence-corrected chi connectivity index (χ3v) is 5.23. The Hall–Kier alpha value is -4.34. The molecule has 1 aromatic heterocycles. The van der Waals surface area contributed by atoms with Gasteiger partial charge in [0, 0.05) is 13.0 Å². The predicted octanol–water partition coefficient (Wildman–Crippen LogP) is 3.43. The minimum Gasteiger partial charge on any atom is -0.494 e. The van der Waals surface area contributed by atoms with Crippen LogP contribution in [0.25, 0.3) is 0 Å². The fourth-order valence-corrected chi connectivity index (χ4v) is 3.47. The van der Waals surface area contributed by atoms with Crippen LogP contribution in [-0.4, -0.2) is 39.8 Å². The molecular formula is C24H21FN4O5. The molecule has 0 spiro atoms. The quantitative estimate of drug-likeness (QED) is 0.549. The molecule has 2 aromatic carbocycles. The number of ether oxygens (including phenoxy) is 1. The third kappa shape index (κ3) is 5.01. The molecule has 0 saturated carbocycles. The fourth-order valence-electron chi connectivity index (χ4n) is 3.47. The number of rotatable bonds is 7. The SMILES string of the molecule is COc1cc(CNC(=O)c2cc(C3=NO[C@@H](c4ccc(C(=O)O)cc4)C3)nc(C)n2)ccc1F. The number of carboxylic acids is 1. The predicted molar refractivity (Wildman–Crippen MR) is 119 cm³/mol. The average molecular weight is 464 g/mol. The number of hydrogen-bond donors (Lipinski definition) is 2. The highest BCUT2D eigenvalue weighted by Gasteiger charge is 2.26. The van der Waals surface area contributed by atoms with Crippen LogP contribution in [0.15, 0.2) is 53.7 Å². The first-order valence-electron chi connectivity index (χ1n) is 10.4. The van der Waals surface area contributed by atoms with Gasteiger partial charge < -0.3 is 20.0 Å². The second kappa shape index (κ2) is 9.65. The highest BCUT2D eigenvalue weighted by Crippen LogP contribution is 2.29. The van der Waals surface area contributed by atoms with Crippen molar-refractivity contribution in [2.24, 2.45) is 5.16 Å². The maximum Gasteiger partial charge on any atom is 0.335 e. The van der Waals surface area contributed by atoms with Crippen LogP contribution in [0.3, 0.4) is 0 Å². The lowest BCUT2D eigenvalue weighted by molar-refractivity contribution is 0.0695. The zero-order valence-electron chi connectivity index (χ0n) is 18.4. The number of aromatic nitrogens is 2. The Labute approximate surface area is 194 Å². The van der Waals surface area contributed by atoms with E-state index in [1.807, 2.05) is 0 Å². The van der Waals surface area contributed by atoms with Crippen molar-refractivity contribution in [1.82, 2.24) is 15.3 Å². The van der Waals surface area contributed by atoms with Crippen LogP contribution in [0, 0.1) is 12.7 Å². The number of oxime groups is 1. The number of aromatic carboxylic acids is 1. The van der Waals surface area contributed by atoms with Crippen LogP contribution in [-0.2, 0) is 11.4 Å². The van der Waals surface area contributed by atoms with Crippen LogP contribution in [0.5, 0.6) is 5.75 Å². The maximum atomic E-state index is 13.6. The van der Waals surface area contributed by atoms with Crippen LogP contribution in [0.1, 0.15) is 56.0 Å². The summed E-state index contributed by atoms with van der Waals surface area (Å²) in [5.41, 5.74) is 2.81. The largest absolute Gasteiger partial charge is 0.494 e. The van der Waals surface area contributed by atoms with Gasteiger partial charge in [0.25, 0.3) is 5.91 Å². The summed E-state index contributed by atoms with van der Waals surface area (Å²) in [6, 6.07) is 12.3. The van der Waals surface area contributed by atoms with E-state index in [2.05, 4.69) is 20.4 Å². The number of benzene rings is 2. The lowest BCUT2D eigenvalue weighted by Crippen LogP contribution is -2.25. The molecule has 0 aliphatic carbocycles. The van der Waals surface area contributed by atoms with E-state index in [4.69, 9.17) is 14.7 Å². The van der Waals surface area contributed by atoms with E-state index >= 15 is 0 Å². The summed E-state index contributed by atoms with van der Waals surface area (Å²) >= 11 is 0. The monoisotopic (exact) mass is 464 g/mol. The third-order valence-electron chi connectivity index (χ3n) is 5.23. The number of methoxy groups -OCH3 is 1. The van der Waals surface area contributed by atoms with E-state index in [0.717, 1.165) is 5.56 Å². The number of amides is 1. The molecule has 4 rings (SSSR count). The van der Waals surface area contributed by atoms with E-state index in [1.165, 1.54) is 37.4 Å². The maximum absolute atomic E-state index is 13.6. The second-order valence-electron chi connectivity index (χ2n) is 7.60. The molecule has 34 heavy (non-hydrogen) atoms. The van der Waals surface area contributed by atoms with Gasteiger partial charge in [0.2, 0.25) is 0 Å². The van der Waals surface area contributed by atoms with Crippen molar-refractivity contribution in [2.75, 3.05) is 7.11 Å². The second-order valence-corrected chi connectivity index (χ2v) is 7.60. The lowest BCUT2D eigenvalue weighted by Gasteiger charge is -2.09. The molecular weight excluding hydrogens is 443 g/mol. The zero-order valence-corrected chi connectivity index (χ0v) is 18.4. The Morgan fingerprint density at radius 3 is 2.65 bits per heavy atom. The summed E-state index contributed by atoms with van der Waals surface area (Å²) < 4.78 is 18.5. The van der Waals surface area contributed by atoms with Crippen molar-refractivity contribution >= 4 is 17.6 Å². The normalized spacial score (nSPS) is 14.8. The van der Waals surface area contributed by atoms with Gasteiger partial charge in [-0.2, -0.15) is 0 Å². The topological polar surface area (TPSA) is 123 Å². The number of carboxylic acid groups (broad SMARTS) is 1. The molecule has 1 atom stereocenters. The summed E-state index contributed by atoms with van der Waals surface area (Å²) in [7, 11) is 1.37. The molecule has 0 bridgehead atoms. The Bertz CT molecular complexity index is 1280. The number of halogens is 1. The molecule has 2 heterocycles. The number of aryl methyl sites for hydroxylation is 1. The molecule has 10 heteroatoms. The number of nitrogens with one attached hydrogen (secondary N) is 1. The number of carbonyl (C=O) groups excluding carboxylic acids is 1. The van der Waals surface area contributed by atoms with Crippen molar-refractivity contribution in [3.05, 3.63) is 88.3 Å². The Kier molecular flexibility index (Phi) is 6.48. The van der Waals surface area contributed by atoms with Gasteiger partial charge in [-0.25, -0.2) is 19.2 Å². The summed E-state index contributed by atoms with van der Waals surface area (Å²) in [6.07, 6.45) is 0.0121. The Morgan fingerprint density at radius 2 is 1.94 bits per heavy atom. The molecule has 1 amide bonds. The van der Waals surface area contributed by atoms with E-state index in [9.17, 15) is 14.0 Å². The van der Waals surface area contributed by atoms with Crippen LogP contribution in [0.4, 0.5) is 4.39 Å². The molecule has 0 radical (unpaired) electrons. The van der Waals surface area contributed by atoms with E-state index in [1.54, 1.807) is 25.1 Å². The summed E-state index contributed by atoms with van der Waals surface area (Å²) in [5.74, 6) is -1.42. The molecule has 2 N–H and O–H groups in total. The fraction of sp³-hybridized carbons (Fsp3) is 0.208. The van der Waals surface area contributed by atoms with Crippen LogP contribution < -0.4 is 10.1 Å². The Balaban J connectivity index is 1.44. The molecule has 0 saturated heterocycles. The molecule has 9 nitrogen and oxygen atoms in total. The lowest BCUT2D eigenvalue weighted by atomic mass is 10.0. The van der Waals surface area contributed by atoms with Gasteiger partial charge >= 0.3 is 5.97 Å². The summed E-state index contributed by atoms with van der Waals surface area (Å²) in [6.45, 7) is 1.83. The van der Waals surface area contributed by atoms with Gasteiger partial charge in [-0.1, -0.05) is 23.4 Å². The van der Waals surface area contributed by atoms with Crippen molar-refractivity contribution in [1.29, 1.82) is 0 Å². The summed E-state index contributed by atoms with van der Waals surface area (Å²) in [5, 5.41) is 15.9. The molecule has 174 valence electrons. The first-order chi connectivity index (χ1) is 16.3. The number of nitrogens with zero attached hydrogens (tertiary/aromatic N) is 3. The van der Waals surface area contributed by atoms with E-state index < -0.39 is 17.7 Å². The van der Waals surface area contributed by atoms with Gasteiger partial charge in [-0.15, -0.1) is 0 Å².